The lowest BCUT2D eigenvalue weighted by Crippen LogP contribution is -2.48. The van der Waals surface area contributed by atoms with E-state index in [1.54, 1.807) is 20.8 Å². The maximum absolute atomic E-state index is 14.1. The molecule has 1 unspecified atom stereocenters. The van der Waals surface area contributed by atoms with Gasteiger partial charge in [-0.25, -0.2) is 18.2 Å². The number of aromatic nitrogens is 2. The van der Waals surface area contributed by atoms with Crippen LogP contribution >= 0.6 is 0 Å². The number of nitrogens with zero attached hydrogens (tertiary/aromatic N) is 3. The number of carbonyl (C=O) groups is 2. The zero-order valence-corrected chi connectivity index (χ0v) is 24.9. The number of rotatable bonds is 11. The molecule has 2 aromatic heterocycles. The highest BCUT2D eigenvalue weighted by atomic mass is 32.2. The summed E-state index contributed by atoms with van der Waals surface area (Å²) in [5.41, 5.74) is 7.67. The van der Waals surface area contributed by atoms with Crippen molar-refractivity contribution in [1.82, 2.24) is 9.97 Å². The Hall–Kier alpha value is -3.83. The van der Waals surface area contributed by atoms with E-state index in [4.69, 9.17) is 10.5 Å². The smallest absolute Gasteiger partial charge is 0.416 e. The quantitative estimate of drug-likeness (QED) is 0.317. The van der Waals surface area contributed by atoms with Crippen LogP contribution in [0.3, 0.4) is 0 Å². The average Bonchev–Trinajstić information content (AvgIpc) is 2.92. The highest BCUT2D eigenvalue weighted by Crippen LogP contribution is 2.35. The van der Waals surface area contributed by atoms with Crippen LogP contribution in [0.2, 0.25) is 0 Å². The molecule has 1 aromatic carbocycles. The average molecular weight is 583 g/mol. The first-order valence-corrected chi connectivity index (χ1v) is 14.9. The summed E-state index contributed by atoms with van der Waals surface area (Å²) in [6.45, 7) is 8.43. The Bertz CT molecular complexity index is 1450. The number of aliphatic carboxylic acids is 1. The largest absolute Gasteiger partial charge is 0.480 e. The van der Waals surface area contributed by atoms with E-state index in [1.165, 1.54) is 42.7 Å². The number of nitrogens with two attached hydrogens (primary N) is 1. The second-order valence-corrected chi connectivity index (χ2v) is 13.1. The highest BCUT2D eigenvalue weighted by Gasteiger charge is 2.45. The summed E-state index contributed by atoms with van der Waals surface area (Å²) < 4.78 is 33.6. The molecular weight excluding hydrogens is 544 g/mol. The standard InChI is InChI=1S/C30H38N4O6S/c1-6-22(7-2)23-15-13-21(14-16-23)18-30(31,41(38,39)24-10-9-17-32-19-24)25-11-8-12-26(33-25)34(20-27(35)36)28(37)40-29(3,4)5/h8-17,19,22H,6-7,18,20,31H2,1-5H3,(H,35,36). The van der Waals surface area contributed by atoms with Crippen LogP contribution in [0.15, 0.2) is 71.9 Å². The van der Waals surface area contributed by atoms with Crippen LogP contribution in [0.1, 0.15) is 70.2 Å². The maximum atomic E-state index is 14.1. The number of pyridine rings is 2. The van der Waals surface area contributed by atoms with Crippen LogP contribution in [0.5, 0.6) is 0 Å². The molecule has 0 aliphatic carbocycles. The molecule has 220 valence electrons. The van der Waals surface area contributed by atoms with Crippen LogP contribution in [0.4, 0.5) is 10.6 Å². The van der Waals surface area contributed by atoms with Gasteiger partial charge in [-0.1, -0.05) is 44.2 Å². The Labute approximate surface area is 241 Å². The van der Waals surface area contributed by atoms with Gasteiger partial charge < -0.3 is 15.6 Å². The lowest BCUT2D eigenvalue weighted by atomic mass is 9.92. The molecule has 0 aliphatic heterocycles. The highest BCUT2D eigenvalue weighted by molar-refractivity contribution is 7.92. The van der Waals surface area contributed by atoms with Crippen molar-refractivity contribution < 1.29 is 27.9 Å². The molecule has 0 fully saturated rings. The van der Waals surface area contributed by atoms with E-state index < -0.39 is 38.9 Å². The molecular formula is C30H38N4O6S. The second-order valence-electron chi connectivity index (χ2n) is 10.9. The molecule has 0 saturated carbocycles. The third-order valence-electron chi connectivity index (χ3n) is 6.68. The molecule has 0 bridgehead atoms. The van der Waals surface area contributed by atoms with Gasteiger partial charge in [-0.15, -0.1) is 0 Å². The third-order valence-corrected chi connectivity index (χ3v) is 8.85. The van der Waals surface area contributed by atoms with E-state index in [2.05, 4.69) is 23.8 Å². The maximum Gasteiger partial charge on any atom is 0.416 e. The van der Waals surface area contributed by atoms with Gasteiger partial charge in [-0.2, -0.15) is 0 Å². The number of anilines is 1. The molecule has 10 nitrogen and oxygen atoms in total. The lowest BCUT2D eigenvalue weighted by Gasteiger charge is -2.31. The molecule has 3 N–H and O–H groups in total. The first-order valence-electron chi connectivity index (χ1n) is 13.4. The summed E-state index contributed by atoms with van der Waals surface area (Å²) in [6, 6.07) is 14.9. The van der Waals surface area contributed by atoms with E-state index in [9.17, 15) is 23.1 Å². The number of hydrogen-bond donors (Lipinski definition) is 2. The molecule has 0 aliphatic rings. The van der Waals surface area contributed by atoms with Crippen molar-refractivity contribution in [1.29, 1.82) is 0 Å². The zero-order valence-electron chi connectivity index (χ0n) is 24.1. The van der Waals surface area contributed by atoms with Gasteiger partial charge in [-0.05, 0) is 74.9 Å². The number of carboxylic acid groups (broad SMARTS) is 1. The van der Waals surface area contributed by atoms with E-state index in [1.807, 2.05) is 24.3 Å². The predicted molar refractivity (Wildman–Crippen MR) is 156 cm³/mol. The second kappa shape index (κ2) is 12.8. The van der Waals surface area contributed by atoms with Crippen molar-refractivity contribution >= 4 is 27.7 Å². The minimum atomic E-state index is -4.30. The monoisotopic (exact) mass is 582 g/mol. The zero-order chi connectivity index (χ0) is 30.4. The van der Waals surface area contributed by atoms with Crippen LogP contribution in [-0.2, 0) is 30.7 Å². The summed E-state index contributed by atoms with van der Waals surface area (Å²) >= 11 is 0. The number of carboxylic acids is 1. The molecule has 11 heteroatoms. The topological polar surface area (TPSA) is 153 Å². The van der Waals surface area contributed by atoms with Gasteiger partial charge in [0.2, 0.25) is 9.84 Å². The van der Waals surface area contributed by atoms with E-state index in [0.29, 0.717) is 11.5 Å². The number of benzene rings is 1. The minimum absolute atomic E-state index is 0.0677. The molecule has 3 rings (SSSR count). The normalized spacial score (nSPS) is 13.4. The van der Waals surface area contributed by atoms with E-state index in [-0.39, 0.29) is 22.8 Å². The number of carbonyl (C=O) groups excluding carboxylic acids is 1. The fourth-order valence-corrected chi connectivity index (χ4v) is 6.13. The van der Waals surface area contributed by atoms with Crippen molar-refractivity contribution in [3.05, 3.63) is 83.8 Å². The Morgan fingerprint density at radius 2 is 1.68 bits per heavy atom. The van der Waals surface area contributed by atoms with Crippen LogP contribution in [0.25, 0.3) is 0 Å². The number of ether oxygens (including phenoxy) is 1. The Morgan fingerprint density at radius 1 is 1.02 bits per heavy atom. The summed E-state index contributed by atoms with van der Waals surface area (Å²) in [4.78, 5) is 31.6. The van der Waals surface area contributed by atoms with Gasteiger partial charge in [0, 0.05) is 18.8 Å². The molecule has 1 atom stereocenters. The number of sulfone groups is 1. The molecule has 0 spiro atoms. The number of amides is 1. The van der Waals surface area contributed by atoms with Gasteiger partial charge in [0.05, 0.1) is 10.6 Å². The van der Waals surface area contributed by atoms with Crippen molar-refractivity contribution in [2.75, 3.05) is 11.4 Å². The summed E-state index contributed by atoms with van der Waals surface area (Å²) in [7, 11) is -4.30. The molecule has 0 saturated heterocycles. The fraction of sp³-hybridized carbons (Fsp3) is 0.400. The van der Waals surface area contributed by atoms with Crippen LogP contribution in [-0.4, -0.2) is 47.7 Å². The van der Waals surface area contributed by atoms with Gasteiger partial charge in [0.15, 0.2) is 4.87 Å². The predicted octanol–water partition coefficient (Wildman–Crippen LogP) is 5.03. The van der Waals surface area contributed by atoms with Crippen molar-refractivity contribution in [2.24, 2.45) is 5.73 Å². The first kappa shape index (κ1) is 31.7. The van der Waals surface area contributed by atoms with Gasteiger partial charge in [0.1, 0.15) is 18.0 Å². The molecule has 1 amide bonds. The lowest BCUT2D eigenvalue weighted by molar-refractivity contribution is -0.135. The molecule has 41 heavy (non-hydrogen) atoms. The Kier molecular flexibility index (Phi) is 9.88. The van der Waals surface area contributed by atoms with Crippen LogP contribution < -0.4 is 10.6 Å². The van der Waals surface area contributed by atoms with Crippen molar-refractivity contribution in [3.8, 4) is 0 Å². The molecule has 2 heterocycles. The van der Waals surface area contributed by atoms with Crippen molar-refractivity contribution in [3.63, 3.8) is 0 Å². The van der Waals surface area contributed by atoms with Crippen LogP contribution in [0, 0.1) is 0 Å². The summed E-state index contributed by atoms with van der Waals surface area (Å²) in [6.07, 6.45) is 3.54. The third kappa shape index (κ3) is 7.47. The van der Waals surface area contributed by atoms with Gasteiger partial charge >= 0.3 is 12.1 Å². The Balaban J connectivity index is 2.15. The summed E-state index contributed by atoms with van der Waals surface area (Å²) in [5.74, 6) is -1.03. The first-order chi connectivity index (χ1) is 19.2. The van der Waals surface area contributed by atoms with E-state index in [0.717, 1.165) is 23.3 Å². The van der Waals surface area contributed by atoms with Gasteiger partial charge in [0.25, 0.3) is 0 Å². The minimum Gasteiger partial charge on any atom is -0.480 e. The van der Waals surface area contributed by atoms with Crippen molar-refractivity contribution in [2.45, 2.75) is 75.2 Å². The molecule has 3 aromatic rings. The SMILES string of the molecule is CCC(CC)c1ccc(CC(N)(c2cccc(N(CC(=O)O)C(=O)OC(C)(C)C)n2)S(=O)(=O)c2cccnc2)cc1. The fourth-order valence-electron chi connectivity index (χ4n) is 4.51. The number of hydrogen-bond acceptors (Lipinski definition) is 8. The van der Waals surface area contributed by atoms with Gasteiger partial charge in [-0.3, -0.25) is 14.7 Å². The Morgan fingerprint density at radius 3 is 2.22 bits per heavy atom. The molecule has 0 radical (unpaired) electrons. The van der Waals surface area contributed by atoms with E-state index >= 15 is 0 Å². The summed E-state index contributed by atoms with van der Waals surface area (Å²) in [5, 5.41) is 9.49.